The van der Waals surface area contributed by atoms with Crippen molar-refractivity contribution in [1.29, 1.82) is 0 Å². The number of hydrogen-bond acceptors (Lipinski definition) is 4. The van der Waals surface area contributed by atoms with E-state index in [-0.39, 0.29) is 0 Å². The Morgan fingerprint density at radius 3 is 2.87 bits per heavy atom. The van der Waals surface area contributed by atoms with Gasteiger partial charge in [0, 0.05) is 17.3 Å². The molecule has 2 N–H and O–H groups in total. The van der Waals surface area contributed by atoms with Crippen molar-refractivity contribution in [3.8, 4) is 0 Å². The van der Waals surface area contributed by atoms with E-state index in [9.17, 15) is 0 Å². The standard InChI is InChI=1S/C11H14N2S2/c12-11-13-10(8-15-11)7-14-6-9-4-2-1-3-5-9/h1-5,10H,6-8H2,(H2,12,13). The average molecular weight is 238 g/mol. The lowest BCUT2D eigenvalue weighted by Gasteiger charge is -2.05. The Kier molecular flexibility index (Phi) is 3.97. The van der Waals surface area contributed by atoms with Crippen LogP contribution >= 0.6 is 23.5 Å². The van der Waals surface area contributed by atoms with Gasteiger partial charge in [0.05, 0.1) is 6.04 Å². The molecule has 1 atom stereocenters. The number of benzene rings is 1. The second-order valence-corrected chi connectivity index (χ2v) is 5.50. The number of nitrogens with two attached hydrogens (primary N) is 1. The van der Waals surface area contributed by atoms with Crippen LogP contribution < -0.4 is 5.73 Å². The number of hydrogen-bond donors (Lipinski definition) is 1. The third-order valence-corrected chi connectivity index (χ3v) is 4.27. The zero-order chi connectivity index (χ0) is 10.5. The van der Waals surface area contributed by atoms with E-state index < -0.39 is 0 Å². The Hall–Kier alpha value is -0.610. The van der Waals surface area contributed by atoms with Gasteiger partial charge in [-0.2, -0.15) is 11.8 Å². The van der Waals surface area contributed by atoms with E-state index in [0.717, 1.165) is 22.4 Å². The first-order chi connectivity index (χ1) is 7.34. The minimum absolute atomic E-state index is 0.420. The minimum Gasteiger partial charge on any atom is -0.379 e. The van der Waals surface area contributed by atoms with Gasteiger partial charge in [0.1, 0.15) is 0 Å². The molecule has 0 radical (unpaired) electrons. The summed E-state index contributed by atoms with van der Waals surface area (Å²) in [5.41, 5.74) is 6.99. The second-order valence-electron chi connectivity index (χ2n) is 3.43. The SMILES string of the molecule is NC1=NC(CSCc2ccccc2)CS1. The van der Waals surface area contributed by atoms with E-state index in [1.54, 1.807) is 11.8 Å². The topological polar surface area (TPSA) is 38.4 Å². The highest BCUT2D eigenvalue weighted by atomic mass is 32.2. The maximum Gasteiger partial charge on any atom is 0.154 e. The fourth-order valence-electron chi connectivity index (χ4n) is 1.41. The minimum atomic E-state index is 0.420. The molecule has 0 aliphatic carbocycles. The zero-order valence-electron chi connectivity index (χ0n) is 8.43. The lowest BCUT2D eigenvalue weighted by molar-refractivity contribution is 0.877. The van der Waals surface area contributed by atoms with Gasteiger partial charge < -0.3 is 5.73 Å². The fourth-order valence-corrected chi connectivity index (χ4v) is 3.35. The summed E-state index contributed by atoms with van der Waals surface area (Å²) in [7, 11) is 0. The molecule has 1 aliphatic heterocycles. The molecular weight excluding hydrogens is 224 g/mol. The van der Waals surface area contributed by atoms with Gasteiger partial charge in [0.15, 0.2) is 5.17 Å². The van der Waals surface area contributed by atoms with Gasteiger partial charge in [-0.15, -0.1) is 0 Å². The van der Waals surface area contributed by atoms with E-state index in [4.69, 9.17) is 5.73 Å². The molecule has 4 heteroatoms. The van der Waals surface area contributed by atoms with Crippen LogP contribution in [0.3, 0.4) is 0 Å². The first kappa shape index (κ1) is 10.9. The molecule has 15 heavy (non-hydrogen) atoms. The predicted molar refractivity (Wildman–Crippen MR) is 70.5 cm³/mol. The largest absolute Gasteiger partial charge is 0.379 e. The van der Waals surface area contributed by atoms with Crippen LogP contribution in [0.5, 0.6) is 0 Å². The first-order valence-corrected chi connectivity index (χ1v) is 7.06. The van der Waals surface area contributed by atoms with Crippen molar-refractivity contribution in [1.82, 2.24) is 0 Å². The number of rotatable bonds is 4. The van der Waals surface area contributed by atoms with Crippen LogP contribution in [0.2, 0.25) is 0 Å². The lowest BCUT2D eigenvalue weighted by Crippen LogP contribution is -2.07. The molecule has 0 amide bonds. The Bertz CT molecular complexity index is 338. The highest BCUT2D eigenvalue weighted by molar-refractivity contribution is 8.14. The number of amidine groups is 1. The van der Waals surface area contributed by atoms with E-state index in [1.165, 1.54) is 5.56 Å². The van der Waals surface area contributed by atoms with Crippen LogP contribution in [-0.2, 0) is 5.75 Å². The van der Waals surface area contributed by atoms with Gasteiger partial charge in [0.2, 0.25) is 0 Å². The van der Waals surface area contributed by atoms with Crippen molar-refractivity contribution in [2.45, 2.75) is 11.8 Å². The molecule has 0 spiro atoms. The smallest absolute Gasteiger partial charge is 0.154 e. The predicted octanol–water partition coefficient (Wildman–Crippen LogP) is 2.35. The molecule has 1 aromatic rings. The summed E-state index contributed by atoms with van der Waals surface area (Å²) in [5.74, 6) is 3.19. The van der Waals surface area contributed by atoms with Gasteiger partial charge in [-0.05, 0) is 5.56 Å². The van der Waals surface area contributed by atoms with Crippen molar-refractivity contribution in [3.05, 3.63) is 35.9 Å². The normalized spacial score (nSPS) is 20.3. The molecule has 0 saturated carbocycles. The van der Waals surface area contributed by atoms with Crippen LogP contribution in [0.25, 0.3) is 0 Å². The summed E-state index contributed by atoms with van der Waals surface area (Å²) in [4.78, 5) is 4.36. The third kappa shape index (κ3) is 3.47. The molecule has 2 rings (SSSR count). The summed E-state index contributed by atoms with van der Waals surface area (Å²) in [6.45, 7) is 0. The van der Waals surface area contributed by atoms with Crippen LogP contribution in [0.15, 0.2) is 35.3 Å². The van der Waals surface area contributed by atoms with Crippen molar-refractivity contribution >= 4 is 28.7 Å². The Labute approximate surface area is 98.7 Å². The third-order valence-electron chi connectivity index (χ3n) is 2.16. The number of nitrogens with zero attached hydrogens (tertiary/aromatic N) is 1. The summed E-state index contributed by atoms with van der Waals surface area (Å²) in [5, 5.41) is 0.750. The molecule has 0 bridgehead atoms. The van der Waals surface area contributed by atoms with E-state index in [1.807, 2.05) is 17.8 Å². The van der Waals surface area contributed by atoms with Crippen molar-refractivity contribution < 1.29 is 0 Å². The summed E-state index contributed by atoms with van der Waals surface area (Å²) < 4.78 is 0. The number of aliphatic imine (C=N–C) groups is 1. The zero-order valence-corrected chi connectivity index (χ0v) is 10.1. The van der Waals surface area contributed by atoms with Gasteiger partial charge >= 0.3 is 0 Å². The van der Waals surface area contributed by atoms with E-state index in [2.05, 4.69) is 29.3 Å². The molecule has 1 unspecified atom stereocenters. The Morgan fingerprint density at radius 2 is 2.20 bits per heavy atom. The first-order valence-electron chi connectivity index (χ1n) is 4.92. The van der Waals surface area contributed by atoms with E-state index in [0.29, 0.717) is 6.04 Å². The molecule has 1 aliphatic rings. The molecule has 0 saturated heterocycles. The van der Waals surface area contributed by atoms with Gasteiger partial charge in [-0.1, -0.05) is 42.1 Å². The van der Waals surface area contributed by atoms with Gasteiger partial charge in [-0.25, -0.2) is 0 Å². The van der Waals surface area contributed by atoms with Crippen LogP contribution in [0, 0.1) is 0 Å². The quantitative estimate of drug-likeness (QED) is 0.875. The monoisotopic (exact) mass is 238 g/mol. The fraction of sp³-hybridized carbons (Fsp3) is 0.364. The Morgan fingerprint density at radius 1 is 1.40 bits per heavy atom. The van der Waals surface area contributed by atoms with Crippen LogP contribution in [-0.4, -0.2) is 22.7 Å². The summed E-state index contributed by atoms with van der Waals surface area (Å²) >= 11 is 3.60. The van der Waals surface area contributed by atoms with Crippen LogP contribution in [0.4, 0.5) is 0 Å². The van der Waals surface area contributed by atoms with Gasteiger partial charge in [0.25, 0.3) is 0 Å². The molecule has 2 nitrogen and oxygen atoms in total. The molecule has 0 fully saturated rings. The second kappa shape index (κ2) is 5.47. The van der Waals surface area contributed by atoms with E-state index >= 15 is 0 Å². The molecule has 80 valence electrons. The summed E-state index contributed by atoms with van der Waals surface area (Å²) in [6, 6.07) is 11.0. The molecular formula is C11H14N2S2. The molecule has 1 aromatic carbocycles. The van der Waals surface area contributed by atoms with Crippen molar-refractivity contribution in [2.24, 2.45) is 10.7 Å². The molecule has 0 aromatic heterocycles. The number of thioether (sulfide) groups is 2. The maximum absolute atomic E-state index is 5.61. The van der Waals surface area contributed by atoms with Crippen molar-refractivity contribution in [3.63, 3.8) is 0 Å². The molecule has 1 heterocycles. The highest BCUT2D eigenvalue weighted by Gasteiger charge is 2.15. The lowest BCUT2D eigenvalue weighted by atomic mass is 10.2. The van der Waals surface area contributed by atoms with Gasteiger partial charge in [-0.3, -0.25) is 4.99 Å². The Balaban J connectivity index is 1.72. The average Bonchev–Trinajstić information content (AvgIpc) is 2.66. The maximum atomic E-state index is 5.61. The summed E-state index contributed by atoms with van der Waals surface area (Å²) in [6.07, 6.45) is 0. The van der Waals surface area contributed by atoms with Crippen LogP contribution in [0.1, 0.15) is 5.56 Å². The highest BCUT2D eigenvalue weighted by Crippen LogP contribution is 2.20. The van der Waals surface area contributed by atoms with Crippen molar-refractivity contribution in [2.75, 3.05) is 11.5 Å².